The van der Waals surface area contributed by atoms with Crippen LogP contribution >= 0.6 is 0 Å². The molecule has 0 amide bonds. The molecule has 1 aliphatic heterocycles. The third-order valence-electron chi connectivity index (χ3n) is 5.77. The van der Waals surface area contributed by atoms with Gasteiger partial charge in [0.15, 0.2) is 18.0 Å². The third kappa shape index (κ3) is 5.53. The Morgan fingerprint density at radius 2 is 1.65 bits per heavy atom. The van der Waals surface area contributed by atoms with Crippen LogP contribution in [0.5, 0.6) is 0 Å². The molecule has 34 heavy (non-hydrogen) atoms. The van der Waals surface area contributed by atoms with Crippen molar-refractivity contribution in [3.05, 3.63) is 41.5 Å². The van der Waals surface area contributed by atoms with Crippen LogP contribution in [0.1, 0.15) is 26.3 Å². The molecule has 10 nitrogen and oxygen atoms in total. The van der Waals surface area contributed by atoms with Crippen LogP contribution in [0.4, 0.5) is 0 Å². The lowest BCUT2D eigenvalue weighted by molar-refractivity contribution is -0.179. The monoisotopic (exact) mass is 493 g/mol. The van der Waals surface area contributed by atoms with Crippen LogP contribution in [0.3, 0.4) is 0 Å². The van der Waals surface area contributed by atoms with Gasteiger partial charge in [-0.15, -0.1) is 0 Å². The summed E-state index contributed by atoms with van der Waals surface area (Å²) in [7, 11) is -3.83. The summed E-state index contributed by atoms with van der Waals surface area (Å²) in [5.74, 6) is -4.06. The van der Waals surface area contributed by atoms with Gasteiger partial charge in [-0.05, 0) is 30.7 Å². The summed E-state index contributed by atoms with van der Waals surface area (Å²) in [6.45, 7) is 4.86. The van der Waals surface area contributed by atoms with Gasteiger partial charge in [0.1, 0.15) is 6.61 Å². The van der Waals surface area contributed by atoms with Crippen LogP contribution in [0, 0.1) is 18.8 Å². The van der Waals surface area contributed by atoms with Crippen molar-refractivity contribution in [2.75, 3.05) is 19.7 Å². The Balaban J connectivity index is 1.90. The number of aryl methyl sites for hydroxylation is 1. The number of hydrogen-bond donors (Lipinski definition) is 0. The van der Waals surface area contributed by atoms with Crippen LogP contribution in [-0.4, -0.2) is 68.3 Å². The van der Waals surface area contributed by atoms with E-state index in [2.05, 4.69) is 0 Å². The van der Waals surface area contributed by atoms with Crippen molar-refractivity contribution in [1.82, 2.24) is 4.31 Å². The minimum atomic E-state index is -3.83. The van der Waals surface area contributed by atoms with Gasteiger partial charge in [-0.25, -0.2) is 8.42 Å². The number of sulfonamides is 1. The van der Waals surface area contributed by atoms with E-state index < -0.39 is 58.6 Å². The number of benzene rings is 1. The maximum absolute atomic E-state index is 13.2. The Bertz CT molecular complexity index is 1120. The van der Waals surface area contributed by atoms with E-state index in [4.69, 9.17) is 14.2 Å². The highest BCUT2D eigenvalue weighted by Gasteiger charge is 2.52. The van der Waals surface area contributed by atoms with E-state index in [1.165, 1.54) is 22.5 Å². The van der Waals surface area contributed by atoms with Crippen molar-refractivity contribution in [3.8, 4) is 0 Å². The SMILES string of the molecule is CC(=O)OC[C@@H](OC(C)=O)[C@@H](OC(C)=O)[C@@H]1C(=O)C=C2CN(S(=O)(=O)c3ccc(C)cc3)C[C@H]21. The zero-order valence-corrected chi connectivity index (χ0v) is 20.2. The van der Waals surface area contributed by atoms with E-state index in [0.717, 1.165) is 26.3 Å². The molecular weight excluding hydrogens is 466 g/mol. The van der Waals surface area contributed by atoms with Gasteiger partial charge in [-0.3, -0.25) is 19.2 Å². The first-order valence-electron chi connectivity index (χ1n) is 10.7. The molecule has 0 N–H and O–H groups in total. The first kappa shape index (κ1) is 25.6. The summed E-state index contributed by atoms with van der Waals surface area (Å²) < 4.78 is 43.2. The van der Waals surface area contributed by atoms with Crippen molar-refractivity contribution < 1.29 is 41.8 Å². The number of allylic oxidation sites excluding steroid dienone is 1. The fourth-order valence-corrected chi connectivity index (χ4v) is 5.76. The van der Waals surface area contributed by atoms with Crippen molar-refractivity contribution in [2.24, 2.45) is 11.8 Å². The van der Waals surface area contributed by atoms with Crippen molar-refractivity contribution in [1.29, 1.82) is 0 Å². The Hall–Kier alpha value is -3.05. The highest BCUT2D eigenvalue weighted by Crippen LogP contribution is 2.41. The normalized spacial score (nSPS) is 21.9. The first-order chi connectivity index (χ1) is 15.9. The third-order valence-corrected chi connectivity index (χ3v) is 7.60. The van der Waals surface area contributed by atoms with E-state index in [1.54, 1.807) is 12.1 Å². The molecule has 1 aromatic rings. The van der Waals surface area contributed by atoms with Crippen molar-refractivity contribution in [3.63, 3.8) is 0 Å². The number of fused-ring (bicyclic) bond motifs is 1. The molecule has 0 aromatic heterocycles. The fraction of sp³-hybridized carbons (Fsp3) is 0.478. The number of hydrogen-bond acceptors (Lipinski definition) is 9. The fourth-order valence-electron chi connectivity index (χ4n) is 4.31. The van der Waals surface area contributed by atoms with Gasteiger partial charge in [0.2, 0.25) is 10.0 Å². The molecule has 1 aliphatic carbocycles. The zero-order chi connectivity index (χ0) is 25.2. The van der Waals surface area contributed by atoms with Crippen LogP contribution < -0.4 is 0 Å². The second-order valence-corrected chi connectivity index (χ2v) is 10.3. The zero-order valence-electron chi connectivity index (χ0n) is 19.3. The number of nitrogens with zero attached hydrogens (tertiary/aromatic N) is 1. The van der Waals surface area contributed by atoms with Gasteiger partial charge in [-0.2, -0.15) is 4.31 Å². The van der Waals surface area contributed by atoms with Gasteiger partial charge < -0.3 is 14.2 Å². The molecule has 2 aliphatic rings. The number of carbonyl (C=O) groups excluding carboxylic acids is 4. The molecule has 3 rings (SSSR count). The van der Waals surface area contributed by atoms with Crippen molar-refractivity contribution >= 4 is 33.7 Å². The molecule has 0 radical (unpaired) electrons. The average Bonchev–Trinajstić information content (AvgIpc) is 3.26. The molecule has 1 heterocycles. The molecule has 1 aromatic carbocycles. The molecule has 11 heteroatoms. The topological polar surface area (TPSA) is 133 Å². The van der Waals surface area contributed by atoms with Crippen LogP contribution in [-0.2, 0) is 43.4 Å². The Labute approximate surface area is 197 Å². The van der Waals surface area contributed by atoms with Crippen LogP contribution in [0.2, 0.25) is 0 Å². The van der Waals surface area contributed by atoms with E-state index >= 15 is 0 Å². The minimum Gasteiger partial charge on any atom is -0.462 e. The summed E-state index contributed by atoms with van der Waals surface area (Å²) in [6.07, 6.45) is -1.16. The van der Waals surface area contributed by atoms with E-state index in [-0.39, 0.29) is 23.8 Å². The van der Waals surface area contributed by atoms with Gasteiger partial charge in [0.05, 0.1) is 10.8 Å². The van der Waals surface area contributed by atoms with Crippen LogP contribution in [0.25, 0.3) is 0 Å². The standard InChI is InChI=1S/C23H27NO9S/c1-13-5-7-18(8-6-13)34(29,30)24-10-17-9-20(28)22(19(17)11-24)23(33-16(4)27)21(32-15(3)26)12-31-14(2)25/h5-9,19,21-23H,10-12H2,1-4H3/t19-,21-,22+,23-/m1/s1. The smallest absolute Gasteiger partial charge is 0.303 e. The number of esters is 3. The Morgan fingerprint density at radius 1 is 1.03 bits per heavy atom. The molecule has 0 spiro atoms. The maximum Gasteiger partial charge on any atom is 0.303 e. The Kier molecular flexibility index (Phi) is 7.57. The lowest BCUT2D eigenvalue weighted by Gasteiger charge is -2.32. The summed E-state index contributed by atoms with van der Waals surface area (Å²) in [5.41, 5.74) is 1.50. The molecule has 1 fully saturated rings. The quantitative estimate of drug-likeness (QED) is 0.386. The lowest BCUT2D eigenvalue weighted by atomic mass is 9.85. The van der Waals surface area contributed by atoms with E-state index in [9.17, 15) is 27.6 Å². The highest BCUT2D eigenvalue weighted by molar-refractivity contribution is 7.89. The second kappa shape index (κ2) is 10.1. The summed E-state index contributed by atoms with van der Waals surface area (Å²) in [6, 6.07) is 6.44. The highest BCUT2D eigenvalue weighted by atomic mass is 32.2. The largest absolute Gasteiger partial charge is 0.462 e. The lowest BCUT2D eigenvalue weighted by Crippen LogP contribution is -2.47. The molecule has 0 saturated carbocycles. The first-order valence-corrected chi connectivity index (χ1v) is 12.1. The molecular formula is C23H27NO9S. The Morgan fingerprint density at radius 3 is 2.21 bits per heavy atom. The molecule has 0 unspecified atom stereocenters. The summed E-state index contributed by atoms with van der Waals surface area (Å²) in [5, 5.41) is 0. The molecule has 184 valence electrons. The van der Waals surface area contributed by atoms with Gasteiger partial charge in [-0.1, -0.05) is 17.7 Å². The number of ether oxygens (including phenoxy) is 3. The van der Waals surface area contributed by atoms with Crippen LogP contribution in [0.15, 0.2) is 40.8 Å². The van der Waals surface area contributed by atoms with Gasteiger partial charge >= 0.3 is 17.9 Å². The maximum atomic E-state index is 13.2. The van der Waals surface area contributed by atoms with E-state index in [1.807, 2.05) is 6.92 Å². The number of ketones is 1. The molecule has 1 saturated heterocycles. The molecule has 0 bridgehead atoms. The van der Waals surface area contributed by atoms with E-state index in [0.29, 0.717) is 5.57 Å². The predicted octanol–water partition coefficient (Wildman–Crippen LogP) is 1.17. The second-order valence-electron chi connectivity index (χ2n) is 8.39. The van der Waals surface area contributed by atoms with Gasteiger partial charge in [0, 0.05) is 39.8 Å². The van der Waals surface area contributed by atoms with Gasteiger partial charge in [0.25, 0.3) is 0 Å². The van der Waals surface area contributed by atoms with Crippen molar-refractivity contribution in [2.45, 2.75) is 44.8 Å². The number of carbonyl (C=O) groups is 4. The number of rotatable bonds is 8. The summed E-state index contributed by atoms with van der Waals surface area (Å²) >= 11 is 0. The summed E-state index contributed by atoms with van der Waals surface area (Å²) in [4.78, 5) is 47.9. The molecule has 4 atom stereocenters. The minimum absolute atomic E-state index is 0.0120. The predicted molar refractivity (Wildman–Crippen MR) is 118 cm³/mol. The average molecular weight is 494 g/mol.